The van der Waals surface area contributed by atoms with Crippen LogP contribution in [0.2, 0.25) is 0 Å². The first-order valence-electron chi connectivity index (χ1n) is 7.34. The van der Waals surface area contributed by atoms with Gasteiger partial charge in [0.05, 0.1) is 23.1 Å². The van der Waals surface area contributed by atoms with Crippen LogP contribution in [0.1, 0.15) is 37.8 Å². The summed E-state index contributed by atoms with van der Waals surface area (Å²) in [5.41, 5.74) is 0.103. The molecule has 5 nitrogen and oxygen atoms in total. The number of aromatic nitrogens is 3. The fourth-order valence-corrected chi connectivity index (χ4v) is 4.01. The second kappa shape index (κ2) is 4.63. The van der Waals surface area contributed by atoms with Gasteiger partial charge >= 0.3 is 11.4 Å². The topological polar surface area (TPSA) is 48.9 Å². The van der Waals surface area contributed by atoms with Gasteiger partial charge in [0.1, 0.15) is 0 Å². The summed E-state index contributed by atoms with van der Waals surface area (Å²) in [7, 11) is 0. The molecule has 1 aromatic heterocycles. The molecular weight excluding hydrogens is 290 g/mol. The van der Waals surface area contributed by atoms with Crippen molar-refractivity contribution in [2.24, 2.45) is 0 Å². The normalized spacial score (nSPS) is 27.4. The quantitative estimate of drug-likeness (QED) is 0.757. The third kappa shape index (κ3) is 1.77. The van der Waals surface area contributed by atoms with Crippen molar-refractivity contribution in [3.8, 4) is 5.69 Å². The number of hydrogen-bond acceptors (Lipinski definition) is 2. The third-order valence-corrected chi connectivity index (χ3v) is 5.18. The second-order valence-corrected chi connectivity index (χ2v) is 6.38. The van der Waals surface area contributed by atoms with E-state index in [0.717, 1.165) is 25.7 Å². The highest BCUT2D eigenvalue weighted by Crippen LogP contribution is 2.39. The summed E-state index contributed by atoms with van der Waals surface area (Å²) in [5, 5.41) is -0.0764. The zero-order chi connectivity index (χ0) is 14.6. The minimum absolute atomic E-state index is 0.0735. The highest BCUT2D eigenvalue weighted by molar-refractivity contribution is 6.20. The number of nitrogens with zero attached hydrogens (tertiary/aromatic N) is 3. The Kier molecular flexibility index (Phi) is 2.85. The van der Waals surface area contributed by atoms with Crippen LogP contribution >= 0.6 is 11.6 Å². The maximum Gasteiger partial charge on any atom is 0.352 e. The molecule has 1 aliphatic carbocycles. The van der Waals surface area contributed by atoms with Crippen molar-refractivity contribution < 1.29 is 0 Å². The molecule has 5 rings (SSSR count). The fourth-order valence-electron chi connectivity index (χ4n) is 3.66. The van der Waals surface area contributed by atoms with E-state index in [1.165, 1.54) is 4.57 Å². The number of rotatable bonds is 1. The van der Waals surface area contributed by atoms with E-state index in [2.05, 4.69) is 0 Å². The molecule has 1 aromatic carbocycles. The molecule has 0 radical (unpaired) electrons. The maximum atomic E-state index is 12.8. The lowest BCUT2D eigenvalue weighted by molar-refractivity contribution is 0.242. The molecule has 2 bridgehead atoms. The first-order valence-corrected chi connectivity index (χ1v) is 7.77. The van der Waals surface area contributed by atoms with Gasteiger partial charge in [0.25, 0.3) is 0 Å². The first-order chi connectivity index (χ1) is 10.2. The number of alkyl halides is 1. The lowest BCUT2D eigenvalue weighted by Gasteiger charge is -2.28. The van der Waals surface area contributed by atoms with Crippen molar-refractivity contribution in [1.82, 2.24) is 13.9 Å². The van der Waals surface area contributed by atoms with Crippen LogP contribution in [-0.4, -0.2) is 19.3 Å². The lowest BCUT2D eigenvalue weighted by atomic mass is 10.1. The van der Waals surface area contributed by atoms with Crippen LogP contribution in [0, 0.1) is 0 Å². The van der Waals surface area contributed by atoms with Crippen LogP contribution in [0.4, 0.5) is 0 Å². The van der Waals surface area contributed by atoms with Gasteiger partial charge in [-0.15, -0.1) is 11.6 Å². The van der Waals surface area contributed by atoms with Crippen LogP contribution in [0.3, 0.4) is 0 Å². The molecule has 1 fully saturated rings. The highest BCUT2D eigenvalue weighted by atomic mass is 35.5. The summed E-state index contributed by atoms with van der Waals surface area (Å²) in [6.45, 7) is 0. The fraction of sp³-hybridized carbons (Fsp3) is 0.467. The van der Waals surface area contributed by atoms with E-state index >= 15 is 0 Å². The Morgan fingerprint density at radius 1 is 0.905 bits per heavy atom. The van der Waals surface area contributed by atoms with Crippen molar-refractivity contribution in [1.29, 1.82) is 0 Å². The van der Waals surface area contributed by atoms with E-state index in [1.807, 2.05) is 18.2 Å². The minimum atomic E-state index is -0.270. The molecule has 1 saturated carbocycles. The van der Waals surface area contributed by atoms with Crippen LogP contribution in [-0.2, 0) is 0 Å². The summed E-state index contributed by atoms with van der Waals surface area (Å²) in [6.07, 6.45) is 3.52. The van der Waals surface area contributed by atoms with Gasteiger partial charge in [0.2, 0.25) is 0 Å². The molecule has 3 heterocycles. The Morgan fingerprint density at radius 2 is 1.57 bits per heavy atom. The second-order valence-electron chi connectivity index (χ2n) is 5.82. The molecule has 0 saturated heterocycles. The molecule has 0 spiro atoms. The van der Waals surface area contributed by atoms with Gasteiger partial charge in [-0.3, -0.25) is 0 Å². The molecule has 110 valence electrons. The Balaban J connectivity index is 2.01. The molecule has 6 heteroatoms. The Morgan fingerprint density at radius 3 is 2.33 bits per heavy atom. The van der Waals surface area contributed by atoms with Gasteiger partial charge in [0, 0.05) is 0 Å². The van der Waals surface area contributed by atoms with Crippen LogP contribution in [0.25, 0.3) is 5.69 Å². The van der Waals surface area contributed by atoms with Crippen LogP contribution < -0.4 is 11.4 Å². The summed E-state index contributed by atoms with van der Waals surface area (Å²) < 4.78 is 4.51. The smallest absolute Gasteiger partial charge is 0.245 e. The Hall–Kier alpha value is -1.75. The average Bonchev–Trinajstić information content (AvgIpc) is 2.64. The van der Waals surface area contributed by atoms with Crippen molar-refractivity contribution in [3.63, 3.8) is 0 Å². The van der Waals surface area contributed by atoms with E-state index in [-0.39, 0.29) is 28.8 Å². The largest absolute Gasteiger partial charge is 0.352 e. The number of fused-ring (bicyclic) bond motifs is 3. The molecule has 0 N–H and O–H groups in total. The molecule has 2 aromatic rings. The summed E-state index contributed by atoms with van der Waals surface area (Å²) in [5.74, 6) is 0. The number of para-hydroxylation sites is 1. The van der Waals surface area contributed by atoms with Gasteiger partial charge < -0.3 is 0 Å². The van der Waals surface area contributed by atoms with Crippen molar-refractivity contribution in [3.05, 3.63) is 51.3 Å². The summed E-state index contributed by atoms with van der Waals surface area (Å²) in [4.78, 5) is 25.5. The van der Waals surface area contributed by atoms with Gasteiger partial charge in [0.15, 0.2) is 0 Å². The van der Waals surface area contributed by atoms with Crippen LogP contribution in [0.15, 0.2) is 39.9 Å². The SMILES string of the molecule is O=c1n(-c2ccccc2)c(=O)n2n1[C@H]1CC[C@@H](Cl)[C@H]2CC1. The van der Waals surface area contributed by atoms with Gasteiger partial charge in [-0.05, 0) is 37.8 Å². The van der Waals surface area contributed by atoms with Gasteiger partial charge in [-0.2, -0.15) is 0 Å². The van der Waals surface area contributed by atoms with Crippen molar-refractivity contribution in [2.75, 3.05) is 0 Å². The van der Waals surface area contributed by atoms with E-state index in [4.69, 9.17) is 11.6 Å². The molecule has 21 heavy (non-hydrogen) atoms. The van der Waals surface area contributed by atoms with E-state index in [1.54, 1.807) is 21.5 Å². The summed E-state index contributed by atoms with van der Waals surface area (Å²) in [6, 6.07) is 9.10. The number of benzene rings is 1. The van der Waals surface area contributed by atoms with E-state index in [0.29, 0.717) is 5.69 Å². The maximum absolute atomic E-state index is 12.8. The molecule has 0 amide bonds. The minimum Gasteiger partial charge on any atom is -0.245 e. The lowest BCUT2D eigenvalue weighted by Crippen LogP contribution is -2.37. The average molecular weight is 306 g/mol. The van der Waals surface area contributed by atoms with Crippen LogP contribution in [0.5, 0.6) is 0 Å². The molecule has 3 atom stereocenters. The molecular formula is C15H16ClN3O2. The Bertz CT molecular complexity index is 789. The number of halogens is 1. The van der Waals surface area contributed by atoms with Gasteiger partial charge in [-0.25, -0.2) is 23.5 Å². The van der Waals surface area contributed by atoms with Crippen molar-refractivity contribution >= 4 is 11.6 Å². The Labute approximate surface area is 126 Å². The monoisotopic (exact) mass is 305 g/mol. The van der Waals surface area contributed by atoms with E-state index in [9.17, 15) is 9.59 Å². The molecule has 3 aliphatic rings. The zero-order valence-electron chi connectivity index (χ0n) is 11.5. The zero-order valence-corrected chi connectivity index (χ0v) is 12.2. The standard InChI is InChI=1S/C15H16ClN3O2/c16-12-8-6-11-7-9-13(12)19-15(21)17(14(20)18(11)19)10-4-2-1-3-5-10/h1-5,11-13H,6-9H2/t11-,12+,13+/m0/s1. The van der Waals surface area contributed by atoms with Crippen molar-refractivity contribution in [2.45, 2.75) is 43.1 Å². The third-order valence-electron chi connectivity index (χ3n) is 4.67. The van der Waals surface area contributed by atoms with E-state index < -0.39 is 0 Å². The highest BCUT2D eigenvalue weighted by Gasteiger charge is 2.39. The molecule has 0 unspecified atom stereocenters. The number of hydrogen-bond donors (Lipinski definition) is 0. The molecule has 2 aliphatic heterocycles. The predicted molar refractivity (Wildman–Crippen MR) is 80.5 cm³/mol. The predicted octanol–water partition coefficient (Wildman–Crippen LogP) is 2.08. The van der Waals surface area contributed by atoms with Gasteiger partial charge in [-0.1, -0.05) is 18.2 Å². The summed E-state index contributed by atoms with van der Waals surface area (Å²) >= 11 is 6.44. The first kappa shape index (κ1) is 13.0.